The van der Waals surface area contributed by atoms with Crippen molar-refractivity contribution in [2.24, 2.45) is 0 Å². The van der Waals surface area contributed by atoms with Crippen LogP contribution < -0.4 is 0 Å². The molecule has 1 aromatic heterocycles. The van der Waals surface area contributed by atoms with Crippen LogP contribution in [0.4, 0.5) is 0 Å². The summed E-state index contributed by atoms with van der Waals surface area (Å²) in [6.07, 6.45) is 1.77. The molecular formula is C13H11Cl3N2. The second-order valence-electron chi connectivity index (χ2n) is 3.87. The monoisotopic (exact) mass is 300 g/mol. The second kappa shape index (κ2) is 5.87. The van der Waals surface area contributed by atoms with Crippen molar-refractivity contribution in [3.05, 3.63) is 45.3 Å². The van der Waals surface area contributed by atoms with Crippen molar-refractivity contribution in [2.45, 2.75) is 19.8 Å². The predicted molar refractivity (Wildman–Crippen MR) is 76.5 cm³/mol. The number of aryl methyl sites for hydroxylation is 1. The molecule has 0 bridgehead atoms. The molecule has 0 atom stereocenters. The van der Waals surface area contributed by atoms with Crippen molar-refractivity contribution in [2.75, 3.05) is 0 Å². The van der Waals surface area contributed by atoms with Gasteiger partial charge in [0.1, 0.15) is 11.0 Å². The lowest BCUT2D eigenvalue weighted by atomic mass is 10.1. The van der Waals surface area contributed by atoms with E-state index in [4.69, 9.17) is 34.8 Å². The van der Waals surface area contributed by atoms with Gasteiger partial charge in [0, 0.05) is 18.1 Å². The topological polar surface area (TPSA) is 25.8 Å². The first-order valence-corrected chi connectivity index (χ1v) is 6.72. The highest BCUT2D eigenvalue weighted by atomic mass is 35.5. The Morgan fingerprint density at radius 3 is 2.44 bits per heavy atom. The molecule has 0 spiro atoms. The molecule has 5 heteroatoms. The number of benzene rings is 1. The van der Waals surface area contributed by atoms with Crippen LogP contribution in [0, 0.1) is 0 Å². The molecule has 0 aliphatic carbocycles. The first-order valence-electron chi connectivity index (χ1n) is 5.59. The molecule has 0 N–H and O–H groups in total. The van der Waals surface area contributed by atoms with E-state index in [0.717, 1.165) is 29.9 Å². The Morgan fingerprint density at radius 1 is 1.00 bits per heavy atom. The van der Waals surface area contributed by atoms with Gasteiger partial charge in [-0.1, -0.05) is 47.8 Å². The molecule has 0 aliphatic heterocycles. The van der Waals surface area contributed by atoms with Crippen LogP contribution >= 0.6 is 34.8 Å². The number of aromatic nitrogens is 2. The van der Waals surface area contributed by atoms with Gasteiger partial charge >= 0.3 is 0 Å². The highest BCUT2D eigenvalue weighted by Gasteiger charge is 2.07. The Labute approximate surface area is 121 Å². The third-order valence-electron chi connectivity index (χ3n) is 2.43. The zero-order valence-corrected chi connectivity index (χ0v) is 12.0. The zero-order chi connectivity index (χ0) is 13.1. The Kier molecular flexibility index (Phi) is 4.44. The van der Waals surface area contributed by atoms with Crippen LogP contribution in [-0.4, -0.2) is 9.97 Å². The standard InChI is InChI=1S/C13H11Cl3N2/c1-2-3-13-17-11(7-12(16)18-13)8-4-5-9(14)10(15)6-8/h4-7H,2-3H2,1H3. The minimum Gasteiger partial charge on any atom is -0.233 e. The molecule has 94 valence electrons. The van der Waals surface area contributed by atoms with Gasteiger partial charge in [-0.3, -0.25) is 0 Å². The fourth-order valence-corrected chi connectivity index (χ4v) is 2.10. The predicted octanol–water partition coefficient (Wildman–Crippen LogP) is 5.06. The highest BCUT2D eigenvalue weighted by molar-refractivity contribution is 6.42. The van der Waals surface area contributed by atoms with Crippen molar-refractivity contribution in [1.82, 2.24) is 9.97 Å². The molecule has 0 radical (unpaired) electrons. The Hall–Kier alpha value is -0.830. The van der Waals surface area contributed by atoms with Gasteiger partial charge in [-0.15, -0.1) is 0 Å². The lowest BCUT2D eigenvalue weighted by Gasteiger charge is -2.05. The molecule has 1 aromatic carbocycles. The molecule has 18 heavy (non-hydrogen) atoms. The van der Waals surface area contributed by atoms with Crippen molar-refractivity contribution >= 4 is 34.8 Å². The van der Waals surface area contributed by atoms with Gasteiger partial charge in [0.05, 0.1) is 15.7 Å². The van der Waals surface area contributed by atoms with E-state index in [1.54, 1.807) is 18.2 Å². The van der Waals surface area contributed by atoms with Crippen molar-refractivity contribution in [3.63, 3.8) is 0 Å². The molecular weight excluding hydrogens is 291 g/mol. The summed E-state index contributed by atoms with van der Waals surface area (Å²) < 4.78 is 0. The summed E-state index contributed by atoms with van der Waals surface area (Å²) in [5.74, 6) is 0.742. The van der Waals surface area contributed by atoms with Crippen molar-refractivity contribution < 1.29 is 0 Å². The zero-order valence-electron chi connectivity index (χ0n) is 9.75. The maximum absolute atomic E-state index is 6.00. The number of halogens is 3. The Balaban J connectivity index is 2.46. The number of hydrogen-bond acceptors (Lipinski definition) is 2. The van der Waals surface area contributed by atoms with E-state index in [1.807, 2.05) is 6.07 Å². The molecule has 2 aromatic rings. The minimum atomic E-state index is 0.439. The molecule has 0 aliphatic rings. The van der Waals surface area contributed by atoms with Gasteiger partial charge in [-0.25, -0.2) is 9.97 Å². The van der Waals surface area contributed by atoms with Gasteiger partial charge < -0.3 is 0 Å². The maximum Gasteiger partial charge on any atom is 0.133 e. The summed E-state index contributed by atoms with van der Waals surface area (Å²) in [4.78, 5) is 8.65. The van der Waals surface area contributed by atoms with Gasteiger partial charge in [0.25, 0.3) is 0 Å². The van der Waals surface area contributed by atoms with E-state index < -0.39 is 0 Å². The quantitative estimate of drug-likeness (QED) is 0.741. The SMILES string of the molecule is CCCc1nc(Cl)cc(-c2ccc(Cl)c(Cl)c2)n1. The van der Waals surface area contributed by atoms with Crippen LogP contribution in [0.5, 0.6) is 0 Å². The van der Waals surface area contributed by atoms with Crippen LogP contribution in [0.15, 0.2) is 24.3 Å². The highest BCUT2D eigenvalue weighted by Crippen LogP contribution is 2.28. The smallest absolute Gasteiger partial charge is 0.133 e. The van der Waals surface area contributed by atoms with E-state index in [9.17, 15) is 0 Å². The van der Waals surface area contributed by atoms with E-state index >= 15 is 0 Å². The van der Waals surface area contributed by atoms with Crippen LogP contribution in [0.2, 0.25) is 15.2 Å². The molecule has 0 unspecified atom stereocenters. The van der Waals surface area contributed by atoms with Crippen molar-refractivity contribution in [1.29, 1.82) is 0 Å². The fraction of sp³-hybridized carbons (Fsp3) is 0.231. The first kappa shape index (κ1) is 13.6. The lowest BCUT2D eigenvalue weighted by Crippen LogP contribution is -1.97. The number of rotatable bonds is 3. The van der Waals surface area contributed by atoms with E-state index in [2.05, 4.69) is 16.9 Å². The molecule has 2 nitrogen and oxygen atoms in total. The number of hydrogen-bond donors (Lipinski definition) is 0. The van der Waals surface area contributed by atoms with E-state index in [-0.39, 0.29) is 0 Å². The Morgan fingerprint density at radius 2 is 1.78 bits per heavy atom. The summed E-state index contributed by atoms with van der Waals surface area (Å²) in [7, 11) is 0. The van der Waals surface area contributed by atoms with Crippen molar-refractivity contribution in [3.8, 4) is 11.3 Å². The number of nitrogens with zero attached hydrogens (tertiary/aromatic N) is 2. The van der Waals surface area contributed by atoms with E-state index in [0.29, 0.717) is 15.2 Å². The van der Waals surface area contributed by atoms with Crippen LogP contribution in [-0.2, 0) is 6.42 Å². The molecule has 0 saturated carbocycles. The average molecular weight is 302 g/mol. The summed E-state index contributed by atoms with van der Waals surface area (Å²) in [6.45, 7) is 2.07. The fourth-order valence-electron chi connectivity index (χ4n) is 1.60. The summed E-state index contributed by atoms with van der Waals surface area (Å²) in [5.41, 5.74) is 1.64. The van der Waals surface area contributed by atoms with Gasteiger partial charge in [-0.2, -0.15) is 0 Å². The summed E-state index contributed by atoms with van der Waals surface area (Å²) >= 11 is 17.9. The third-order valence-corrected chi connectivity index (χ3v) is 3.36. The van der Waals surface area contributed by atoms with Gasteiger partial charge in [0.2, 0.25) is 0 Å². The van der Waals surface area contributed by atoms with Crippen LogP contribution in [0.25, 0.3) is 11.3 Å². The minimum absolute atomic E-state index is 0.439. The molecule has 0 saturated heterocycles. The van der Waals surface area contributed by atoms with Crippen LogP contribution in [0.3, 0.4) is 0 Å². The normalized spacial score (nSPS) is 10.7. The molecule has 2 rings (SSSR count). The van der Waals surface area contributed by atoms with Gasteiger partial charge in [-0.05, 0) is 18.6 Å². The first-order chi connectivity index (χ1) is 8.60. The molecule has 0 fully saturated rings. The van der Waals surface area contributed by atoms with Crippen LogP contribution in [0.1, 0.15) is 19.2 Å². The summed E-state index contributed by atoms with van der Waals surface area (Å²) in [5, 5.41) is 1.46. The second-order valence-corrected chi connectivity index (χ2v) is 5.07. The molecule has 1 heterocycles. The Bertz CT molecular complexity index is 570. The lowest BCUT2D eigenvalue weighted by molar-refractivity contribution is 0.836. The maximum atomic E-state index is 6.00. The molecule has 0 amide bonds. The largest absolute Gasteiger partial charge is 0.233 e. The third kappa shape index (κ3) is 3.14. The van der Waals surface area contributed by atoms with E-state index in [1.165, 1.54) is 0 Å². The average Bonchev–Trinajstić information content (AvgIpc) is 2.32. The van der Waals surface area contributed by atoms with Gasteiger partial charge in [0.15, 0.2) is 0 Å². The summed E-state index contributed by atoms with van der Waals surface area (Å²) in [6, 6.07) is 7.11.